The van der Waals surface area contributed by atoms with E-state index in [4.69, 9.17) is 4.74 Å². The Hall–Kier alpha value is -1.29. The number of methoxy groups -OCH3 is 1. The van der Waals surface area contributed by atoms with E-state index in [1.165, 1.54) is 12.8 Å². The molecule has 1 saturated heterocycles. The Morgan fingerprint density at radius 2 is 2.22 bits per heavy atom. The molecule has 0 bridgehead atoms. The molecule has 0 aliphatic carbocycles. The molecule has 2 aliphatic heterocycles. The van der Waals surface area contributed by atoms with Gasteiger partial charge in [0.15, 0.2) is 5.90 Å². The SMILES string of the molecule is C=CC1CC=C(NC2CCN(C)CC2)N=C1OC. The lowest BCUT2D eigenvalue weighted by Gasteiger charge is -2.31. The van der Waals surface area contributed by atoms with Crippen LogP contribution in [0.25, 0.3) is 0 Å². The standard InChI is InChI=1S/C14H23N3O/c1-4-11-5-6-13(16-14(11)18-3)15-12-7-9-17(2)10-8-12/h4,6,11-12,15H,1,5,7-10H2,2-3H3. The molecule has 4 heteroatoms. The van der Waals surface area contributed by atoms with Crippen LogP contribution in [0.3, 0.4) is 0 Å². The Labute approximate surface area is 109 Å². The van der Waals surface area contributed by atoms with Crippen molar-refractivity contribution in [3.8, 4) is 0 Å². The van der Waals surface area contributed by atoms with Gasteiger partial charge in [-0.05, 0) is 45.5 Å². The number of ether oxygens (including phenoxy) is 1. The van der Waals surface area contributed by atoms with E-state index in [2.05, 4.69) is 34.9 Å². The molecule has 2 aliphatic rings. The van der Waals surface area contributed by atoms with Crippen LogP contribution >= 0.6 is 0 Å². The molecular formula is C14H23N3O. The second-order valence-corrected chi connectivity index (χ2v) is 5.04. The first-order valence-electron chi connectivity index (χ1n) is 6.63. The summed E-state index contributed by atoms with van der Waals surface area (Å²) >= 11 is 0. The van der Waals surface area contributed by atoms with Gasteiger partial charge in [-0.1, -0.05) is 6.08 Å². The van der Waals surface area contributed by atoms with Crippen molar-refractivity contribution in [2.45, 2.75) is 25.3 Å². The molecule has 1 fully saturated rings. The number of aliphatic imine (C=N–C) groups is 1. The quantitative estimate of drug-likeness (QED) is 0.774. The monoisotopic (exact) mass is 249 g/mol. The maximum absolute atomic E-state index is 5.32. The molecule has 100 valence electrons. The van der Waals surface area contributed by atoms with Gasteiger partial charge < -0.3 is 15.0 Å². The van der Waals surface area contributed by atoms with Gasteiger partial charge in [-0.15, -0.1) is 6.58 Å². The third kappa shape index (κ3) is 3.13. The van der Waals surface area contributed by atoms with Crippen LogP contribution in [0.15, 0.2) is 29.5 Å². The van der Waals surface area contributed by atoms with Gasteiger partial charge in [0.2, 0.25) is 0 Å². The number of hydrogen-bond acceptors (Lipinski definition) is 4. The fourth-order valence-corrected chi connectivity index (χ4v) is 2.43. The van der Waals surface area contributed by atoms with Gasteiger partial charge in [0.1, 0.15) is 5.82 Å². The molecular weight excluding hydrogens is 226 g/mol. The largest absolute Gasteiger partial charge is 0.484 e. The smallest absolute Gasteiger partial charge is 0.196 e. The Kier molecular flexibility index (Phi) is 4.42. The predicted octanol–water partition coefficient (Wildman–Crippen LogP) is 1.76. The van der Waals surface area contributed by atoms with Crippen molar-refractivity contribution in [3.63, 3.8) is 0 Å². The van der Waals surface area contributed by atoms with Crippen LogP contribution in [0.2, 0.25) is 0 Å². The fraction of sp³-hybridized carbons (Fsp3) is 0.643. The zero-order chi connectivity index (χ0) is 13.0. The molecule has 0 radical (unpaired) electrons. The van der Waals surface area contributed by atoms with Crippen LogP contribution in [-0.2, 0) is 4.74 Å². The Morgan fingerprint density at radius 3 is 2.83 bits per heavy atom. The normalized spacial score (nSPS) is 26.2. The van der Waals surface area contributed by atoms with Gasteiger partial charge in [-0.3, -0.25) is 0 Å². The van der Waals surface area contributed by atoms with Crippen molar-refractivity contribution in [2.24, 2.45) is 10.9 Å². The summed E-state index contributed by atoms with van der Waals surface area (Å²) in [5.41, 5.74) is 0. The number of piperidine rings is 1. The summed E-state index contributed by atoms with van der Waals surface area (Å²) < 4.78 is 5.32. The summed E-state index contributed by atoms with van der Waals surface area (Å²) in [5, 5.41) is 3.52. The van der Waals surface area contributed by atoms with Gasteiger partial charge in [0, 0.05) is 6.04 Å². The number of nitrogens with zero attached hydrogens (tertiary/aromatic N) is 2. The Balaban J connectivity index is 1.92. The molecule has 0 amide bonds. The highest BCUT2D eigenvalue weighted by Gasteiger charge is 2.21. The number of rotatable bonds is 3. The third-order valence-electron chi connectivity index (χ3n) is 3.68. The molecule has 1 N–H and O–H groups in total. The average Bonchev–Trinajstić information content (AvgIpc) is 2.41. The van der Waals surface area contributed by atoms with Gasteiger partial charge in [-0.25, -0.2) is 4.99 Å². The highest BCUT2D eigenvalue weighted by atomic mass is 16.5. The first kappa shape index (κ1) is 13.1. The minimum atomic E-state index is 0.220. The molecule has 4 nitrogen and oxygen atoms in total. The Bertz CT molecular complexity index is 354. The van der Waals surface area contributed by atoms with Crippen LogP contribution in [0.1, 0.15) is 19.3 Å². The number of allylic oxidation sites excluding steroid dienone is 1. The van der Waals surface area contributed by atoms with Crippen LogP contribution in [0, 0.1) is 5.92 Å². The van der Waals surface area contributed by atoms with Crippen LogP contribution in [0.5, 0.6) is 0 Å². The highest BCUT2D eigenvalue weighted by molar-refractivity contribution is 5.82. The minimum absolute atomic E-state index is 0.220. The van der Waals surface area contributed by atoms with E-state index in [-0.39, 0.29) is 5.92 Å². The average molecular weight is 249 g/mol. The van der Waals surface area contributed by atoms with Crippen LogP contribution in [-0.4, -0.2) is 44.1 Å². The summed E-state index contributed by atoms with van der Waals surface area (Å²) in [5.74, 6) is 1.94. The van der Waals surface area contributed by atoms with E-state index in [1.807, 2.05) is 6.08 Å². The summed E-state index contributed by atoms with van der Waals surface area (Å²) in [4.78, 5) is 6.89. The summed E-state index contributed by atoms with van der Waals surface area (Å²) in [6, 6.07) is 0.537. The zero-order valence-electron chi connectivity index (χ0n) is 11.4. The van der Waals surface area contributed by atoms with Gasteiger partial charge in [0.05, 0.1) is 13.0 Å². The van der Waals surface area contributed by atoms with E-state index in [9.17, 15) is 0 Å². The third-order valence-corrected chi connectivity index (χ3v) is 3.68. The molecule has 0 spiro atoms. The minimum Gasteiger partial charge on any atom is -0.484 e. The summed E-state index contributed by atoms with van der Waals surface area (Å²) in [6.45, 7) is 6.12. The topological polar surface area (TPSA) is 36.9 Å². The van der Waals surface area contributed by atoms with E-state index < -0.39 is 0 Å². The predicted molar refractivity (Wildman–Crippen MR) is 74.5 cm³/mol. The molecule has 18 heavy (non-hydrogen) atoms. The van der Waals surface area contributed by atoms with Crippen LogP contribution < -0.4 is 5.32 Å². The molecule has 2 heterocycles. The maximum Gasteiger partial charge on any atom is 0.196 e. The fourth-order valence-electron chi connectivity index (χ4n) is 2.43. The van der Waals surface area contributed by atoms with Crippen LogP contribution in [0.4, 0.5) is 0 Å². The Morgan fingerprint density at radius 1 is 1.50 bits per heavy atom. The molecule has 0 aromatic carbocycles. The summed E-state index contributed by atoms with van der Waals surface area (Å²) in [6.07, 6.45) is 7.32. The molecule has 1 atom stereocenters. The van der Waals surface area contributed by atoms with E-state index in [0.29, 0.717) is 6.04 Å². The second-order valence-electron chi connectivity index (χ2n) is 5.04. The van der Waals surface area contributed by atoms with Gasteiger partial charge in [-0.2, -0.15) is 0 Å². The molecule has 0 saturated carbocycles. The van der Waals surface area contributed by atoms with Gasteiger partial charge >= 0.3 is 0 Å². The zero-order valence-corrected chi connectivity index (χ0v) is 11.4. The van der Waals surface area contributed by atoms with Crippen molar-refractivity contribution >= 4 is 5.90 Å². The lowest BCUT2D eigenvalue weighted by Crippen LogP contribution is -2.40. The van der Waals surface area contributed by atoms with E-state index >= 15 is 0 Å². The number of hydrogen-bond donors (Lipinski definition) is 1. The molecule has 1 unspecified atom stereocenters. The highest BCUT2D eigenvalue weighted by Crippen LogP contribution is 2.19. The van der Waals surface area contributed by atoms with Crippen molar-refractivity contribution in [1.29, 1.82) is 0 Å². The van der Waals surface area contributed by atoms with Crippen molar-refractivity contribution in [3.05, 3.63) is 24.6 Å². The first-order valence-corrected chi connectivity index (χ1v) is 6.63. The van der Waals surface area contributed by atoms with Crippen molar-refractivity contribution in [2.75, 3.05) is 27.2 Å². The molecule has 2 rings (SSSR count). The van der Waals surface area contributed by atoms with Crippen molar-refractivity contribution in [1.82, 2.24) is 10.2 Å². The van der Waals surface area contributed by atoms with E-state index in [1.54, 1.807) is 7.11 Å². The lowest BCUT2D eigenvalue weighted by molar-refractivity contribution is 0.241. The number of nitrogens with one attached hydrogen (secondary N) is 1. The number of likely N-dealkylation sites (tertiary alicyclic amines) is 1. The van der Waals surface area contributed by atoms with Crippen molar-refractivity contribution < 1.29 is 4.74 Å². The summed E-state index contributed by atoms with van der Waals surface area (Å²) in [7, 11) is 3.85. The second kappa shape index (κ2) is 6.05. The van der Waals surface area contributed by atoms with E-state index in [0.717, 1.165) is 31.2 Å². The lowest BCUT2D eigenvalue weighted by atomic mass is 10.0. The molecule has 0 aromatic heterocycles. The maximum atomic E-state index is 5.32. The first-order chi connectivity index (χ1) is 8.72. The molecule has 0 aromatic rings. The van der Waals surface area contributed by atoms with Gasteiger partial charge in [0.25, 0.3) is 0 Å².